The van der Waals surface area contributed by atoms with Crippen molar-refractivity contribution >= 4 is 16.8 Å². The van der Waals surface area contributed by atoms with Crippen molar-refractivity contribution in [1.29, 1.82) is 0 Å². The summed E-state index contributed by atoms with van der Waals surface area (Å²) in [5.41, 5.74) is 2.98. The second-order valence-electron chi connectivity index (χ2n) is 4.04. The van der Waals surface area contributed by atoms with Crippen molar-refractivity contribution < 1.29 is 4.42 Å². The van der Waals surface area contributed by atoms with Crippen LogP contribution in [0, 0.1) is 0 Å². The van der Waals surface area contributed by atoms with E-state index in [4.69, 9.17) is 4.42 Å². The summed E-state index contributed by atoms with van der Waals surface area (Å²) < 4.78 is 5.69. The van der Waals surface area contributed by atoms with Gasteiger partial charge in [0.15, 0.2) is 11.5 Å². The number of anilines is 1. The molecule has 3 nitrogen and oxygen atoms in total. The van der Waals surface area contributed by atoms with Gasteiger partial charge in [0, 0.05) is 18.2 Å². The standard InChI is InChI=1S/C12H14N2O/c1-2-13-9-5-6-11-10(7-9)14-12(15-11)8-3-4-8/h5-8,13H,2-4H2,1H3. The normalized spacial score (nSPS) is 15.8. The molecule has 1 aromatic carbocycles. The molecule has 3 heteroatoms. The number of nitrogens with one attached hydrogen (secondary N) is 1. The lowest BCUT2D eigenvalue weighted by molar-refractivity contribution is 0.533. The van der Waals surface area contributed by atoms with Gasteiger partial charge in [0.05, 0.1) is 0 Å². The van der Waals surface area contributed by atoms with Crippen LogP contribution in [0.15, 0.2) is 22.6 Å². The molecule has 0 saturated heterocycles. The van der Waals surface area contributed by atoms with Gasteiger partial charge < -0.3 is 9.73 Å². The number of oxazole rings is 1. The maximum absolute atomic E-state index is 5.69. The van der Waals surface area contributed by atoms with Crippen molar-refractivity contribution in [2.45, 2.75) is 25.7 Å². The SMILES string of the molecule is CCNc1ccc2oc(C3CC3)nc2c1. The molecule has 78 valence electrons. The molecule has 1 aliphatic rings. The van der Waals surface area contributed by atoms with Crippen LogP contribution in [0.25, 0.3) is 11.1 Å². The van der Waals surface area contributed by atoms with Crippen LogP contribution in [0.2, 0.25) is 0 Å². The summed E-state index contributed by atoms with van der Waals surface area (Å²) in [6, 6.07) is 6.08. The zero-order chi connectivity index (χ0) is 10.3. The van der Waals surface area contributed by atoms with Crippen molar-refractivity contribution in [3.8, 4) is 0 Å². The van der Waals surface area contributed by atoms with Crippen molar-refractivity contribution in [2.75, 3.05) is 11.9 Å². The van der Waals surface area contributed by atoms with Gasteiger partial charge in [0.25, 0.3) is 0 Å². The number of aromatic nitrogens is 1. The summed E-state index contributed by atoms with van der Waals surface area (Å²) in [4.78, 5) is 4.51. The van der Waals surface area contributed by atoms with Crippen LogP contribution < -0.4 is 5.32 Å². The average molecular weight is 202 g/mol. The minimum Gasteiger partial charge on any atom is -0.440 e. The van der Waals surface area contributed by atoms with Gasteiger partial charge in [-0.25, -0.2) is 4.98 Å². The van der Waals surface area contributed by atoms with Crippen LogP contribution in [0.1, 0.15) is 31.6 Å². The molecule has 1 aromatic heterocycles. The Morgan fingerprint density at radius 2 is 2.33 bits per heavy atom. The first-order valence-corrected chi connectivity index (χ1v) is 5.51. The van der Waals surface area contributed by atoms with E-state index in [-0.39, 0.29) is 0 Å². The Kier molecular flexibility index (Phi) is 1.91. The number of nitrogens with zero attached hydrogens (tertiary/aromatic N) is 1. The Morgan fingerprint density at radius 3 is 3.07 bits per heavy atom. The fraction of sp³-hybridized carbons (Fsp3) is 0.417. The summed E-state index contributed by atoms with van der Waals surface area (Å²) in [6.45, 7) is 3.02. The first-order valence-electron chi connectivity index (χ1n) is 5.51. The van der Waals surface area contributed by atoms with Gasteiger partial charge in [-0.2, -0.15) is 0 Å². The van der Waals surface area contributed by atoms with Crippen LogP contribution >= 0.6 is 0 Å². The van der Waals surface area contributed by atoms with E-state index in [0.29, 0.717) is 5.92 Å². The third-order valence-electron chi connectivity index (χ3n) is 2.71. The third-order valence-corrected chi connectivity index (χ3v) is 2.71. The zero-order valence-corrected chi connectivity index (χ0v) is 8.79. The first-order chi connectivity index (χ1) is 7.36. The van der Waals surface area contributed by atoms with E-state index in [1.54, 1.807) is 0 Å². The molecule has 1 N–H and O–H groups in total. The minimum atomic E-state index is 0.583. The Balaban J connectivity index is 2.02. The molecule has 15 heavy (non-hydrogen) atoms. The molecule has 0 bridgehead atoms. The highest BCUT2D eigenvalue weighted by molar-refractivity contribution is 5.77. The number of hydrogen-bond donors (Lipinski definition) is 1. The monoisotopic (exact) mass is 202 g/mol. The van der Waals surface area contributed by atoms with Crippen molar-refractivity contribution in [2.24, 2.45) is 0 Å². The Morgan fingerprint density at radius 1 is 1.47 bits per heavy atom. The topological polar surface area (TPSA) is 38.1 Å². The Labute approximate surface area is 88.5 Å². The molecule has 1 saturated carbocycles. The maximum Gasteiger partial charge on any atom is 0.198 e. The van der Waals surface area contributed by atoms with E-state index < -0.39 is 0 Å². The average Bonchev–Trinajstić information content (AvgIpc) is 2.99. The second kappa shape index (κ2) is 3.26. The van der Waals surface area contributed by atoms with Crippen molar-refractivity contribution in [1.82, 2.24) is 4.98 Å². The van der Waals surface area contributed by atoms with E-state index in [9.17, 15) is 0 Å². The van der Waals surface area contributed by atoms with Gasteiger partial charge in [-0.3, -0.25) is 0 Å². The summed E-state index contributed by atoms with van der Waals surface area (Å²) in [5.74, 6) is 1.50. The summed E-state index contributed by atoms with van der Waals surface area (Å²) in [7, 11) is 0. The van der Waals surface area contributed by atoms with E-state index >= 15 is 0 Å². The van der Waals surface area contributed by atoms with Crippen molar-refractivity contribution in [3.05, 3.63) is 24.1 Å². The van der Waals surface area contributed by atoms with E-state index in [1.807, 2.05) is 18.2 Å². The van der Waals surface area contributed by atoms with E-state index in [0.717, 1.165) is 29.2 Å². The van der Waals surface area contributed by atoms with E-state index in [2.05, 4.69) is 17.2 Å². The molecule has 2 aromatic rings. The second-order valence-corrected chi connectivity index (χ2v) is 4.04. The van der Waals surface area contributed by atoms with Crippen LogP contribution in [0.5, 0.6) is 0 Å². The molecule has 0 atom stereocenters. The predicted octanol–water partition coefficient (Wildman–Crippen LogP) is 3.14. The predicted molar refractivity (Wildman–Crippen MR) is 60.1 cm³/mol. The summed E-state index contributed by atoms with van der Waals surface area (Å²) in [6.07, 6.45) is 2.46. The quantitative estimate of drug-likeness (QED) is 0.830. The number of hydrogen-bond acceptors (Lipinski definition) is 3. The van der Waals surface area contributed by atoms with Gasteiger partial charge in [-0.1, -0.05) is 0 Å². The molecule has 3 rings (SSSR count). The fourth-order valence-electron chi connectivity index (χ4n) is 1.76. The lowest BCUT2D eigenvalue weighted by atomic mass is 10.3. The minimum absolute atomic E-state index is 0.583. The highest BCUT2D eigenvalue weighted by Gasteiger charge is 2.28. The number of benzene rings is 1. The van der Waals surface area contributed by atoms with Gasteiger partial charge in [-0.05, 0) is 38.0 Å². The molecule has 0 spiro atoms. The largest absolute Gasteiger partial charge is 0.440 e. The highest BCUT2D eigenvalue weighted by atomic mass is 16.3. The number of fused-ring (bicyclic) bond motifs is 1. The van der Waals surface area contributed by atoms with Gasteiger partial charge in [0.1, 0.15) is 5.52 Å². The smallest absolute Gasteiger partial charge is 0.198 e. The fourth-order valence-corrected chi connectivity index (χ4v) is 1.76. The highest BCUT2D eigenvalue weighted by Crippen LogP contribution is 2.40. The van der Waals surface area contributed by atoms with Gasteiger partial charge in [-0.15, -0.1) is 0 Å². The lowest BCUT2D eigenvalue weighted by Gasteiger charge is -2.00. The molecule has 0 aliphatic heterocycles. The van der Waals surface area contributed by atoms with Gasteiger partial charge >= 0.3 is 0 Å². The molecule has 1 heterocycles. The molecule has 0 unspecified atom stereocenters. The van der Waals surface area contributed by atoms with E-state index in [1.165, 1.54) is 12.8 Å². The van der Waals surface area contributed by atoms with Crippen LogP contribution in [0.4, 0.5) is 5.69 Å². The van der Waals surface area contributed by atoms with Gasteiger partial charge in [0.2, 0.25) is 0 Å². The van der Waals surface area contributed by atoms with Crippen LogP contribution in [-0.4, -0.2) is 11.5 Å². The lowest BCUT2D eigenvalue weighted by Crippen LogP contribution is -1.95. The summed E-state index contributed by atoms with van der Waals surface area (Å²) >= 11 is 0. The first kappa shape index (κ1) is 8.77. The third kappa shape index (κ3) is 1.58. The zero-order valence-electron chi connectivity index (χ0n) is 8.79. The van der Waals surface area contributed by atoms with Crippen LogP contribution in [0.3, 0.4) is 0 Å². The molecular weight excluding hydrogens is 188 g/mol. The number of rotatable bonds is 3. The summed E-state index contributed by atoms with van der Waals surface area (Å²) in [5, 5.41) is 3.27. The maximum atomic E-state index is 5.69. The van der Waals surface area contributed by atoms with Crippen molar-refractivity contribution in [3.63, 3.8) is 0 Å². The molecule has 0 radical (unpaired) electrons. The Hall–Kier alpha value is -1.51. The molecule has 1 fully saturated rings. The molecule has 0 amide bonds. The Bertz CT molecular complexity index is 485. The molecule has 1 aliphatic carbocycles. The van der Waals surface area contributed by atoms with Crippen LogP contribution in [-0.2, 0) is 0 Å². The molecular formula is C12H14N2O.